The highest BCUT2D eigenvalue weighted by Crippen LogP contribution is 2.28. The van der Waals surface area contributed by atoms with Gasteiger partial charge in [0, 0.05) is 22.0 Å². The van der Waals surface area contributed by atoms with Crippen LogP contribution >= 0.6 is 34.5 Å². The van der Waals surface area contributed by atoms with Gasteiger partial charge in [0.25, 0.3) is 5.91 Å². The van der Waals surface area contributed by atoms with Gasteiger partial charge in [-0.2, -0.15) is 0 Å². The van der Waals surface area contributed by atoms with Crippen LogP contribution in [0.15, 0.2) is 78.9 Å². The van der Waals surface area contributed by atoms with Crippen molar-refractivity contribution in [3.8, 4) is 16.3 Å². The monoisotopic (exact) mass is 526 g/mol. The lowest BCUT2D eigenvalue weighted by Crippen LogP contribution is -2.46. The predicted molar refractivity (Wildman–Crippen MR) is 138 cm³/mol. The molecule has 178 valence electrons. The number of halogens is 2. The van der Waals surface area contributed by atoms with Gasteiger partial charge in [-0.15, -0.1) is 10.2 Å². The number of aromatic nitrogens is 2. The Bertz CT molecular complexity index is 1300. The van der Waals surface area contributed by atoms with Crippen LogP contribution in [0.4, 0.5) is 5.13 Å². The Kier molecular flexibility index (Phi) is 8.31. The van der Waals surface area contributed by atoms with Gasteiger partial charge >= 0.3 is 0 Å². The van der Waals surface area contributed by atoms with Crippen molar-refractivity contribution in [1.82, 2.24) is 15.5 Å². The van der Waals surface area contributed by atoms with Crippen molar-refractivity contribution in [1.29, 1.82) is 0 Å². The number of hydrogen-bond acceptors (Lipinski definition) is 6. The Labute approximate surface area is 216 Å². The topological polar surface area (TPSA) is 93.2 Å². The van der Waals surface area contributed by atoms with Gasteiger partial charge in [-0.1, -0.05) is 77.0 Å². The van der Waals surface area contributed by atoms with Crippen molar-refractivity contribution in [2.75, 3.05) is 11.9 Å². The lowest BCUT2D eigenvalue weighted by Gasteiger charge is -2.18. The number of benzene rings is 3. The molecule has 2 amide bonds. The van der Waals surface area contributed by atoms with E-state index in [1.165, 1.54) is 11.3 Å². The SMILES string of the molecule is O=C(COc1ccc(Cl)cc1)NC(Cc1ccccc1)C(=O)Nc1nnc(-c2cccc(Cl)c2)s1. The molecule has 1 unspecified atom stereocenters. The Morgan fingerprint density at radius 3 is 2.43 bits per heavy atom. The molecule has 4 rings (SSSR count). The van der Waals surface area contributed by atoms with E-state index in [0.717, 1.165) is 11.1 Å². The summed E-state index contributed by atoms with van der Waals surface area (Å²) in [4.78, 5) is 25.7. The molecule has 0 aliphatic heterocycles. The number of amides is 2. The van der Waals surface area contributed by atoms with E-state index < -0.39 is 17.9 Å². The highest BCUT2D eigenvalue weighted by molar-refractivity contribution is 7.18. The van der Waals surface area contributed by atoms with E-state index in [0.29, 0.717) is 32.4 Å². The van der Waals surface area contributed by atoms with E-state index in [4.69, 9.17) is 27.9 Å². The fourth-order valence-corrected chi connectivity index (χ4v) is 4.24. The average Bonchev–Trinajstić information content (AvgIpc) is 3.32. The van der Waals surface area contributed by atoms with Crippen molar-refractivity contribution < 1.29 is 14.3 Å². The molecule has 1 atom stereocenters. The van der Waals surface area contributed by atoms with E-state index in [1.807, 2.05) is 42.5 Å². The third kappa shape index (κ3) is 7.26. The molecule has 0 radical (unpaired) electrons. The molecule has 0 aliphatic carbocycles. The standard InChI is InChI=1S/C25H20Cl2N4O3S/c26-18-9-11-20(12-10-18)34-15-22(32)28-21(13-16-5-2-1-3-6-16)23(33)29-25-31-30-24(35-25)17-7-4-8-19(27)14-17/h1-12,14,21H,13,15H2,(H,28,32)(H,29,31,33). The number of hydrogen-bond donors (Lipinski definition) is 2. The molecular formula is C25H20Cl2N4O3S. The van der Waals surface area contributed by atoms with Crippen LogP contribution < -0.4 is 15.4 Å². The molecule has 0 fully saturated rings. The Balaban J connectivity index is 1.43. The first kappa shape index (κ1) is 24.7. The third-order valence-corrected chi connectivity index (χ3v) is 6.22. The number of anilines is 1. The second-order valence-corrected chi connectivity index (χ2v) is 9.31. The summed E-state index contributed by atoms with van der Waals surface area (Å²) in [6.45, 7) is -0.252. The normalized spacial score (nSPS) is 11.5. The van der Waals surface area contributed by atoms with Crippen molar-refractivity contribution >= 4 is 51.5 Å². The summed E-state index contributed by atoms with van der Waals surface area (Å²) in [5.74, 6) is -0.355. The van der Waals surface area contributed by atoms with Crippen LogP contribution in [0, 0.1) is 0 Å². The summed E-state index contributed by atoms with van der Waals surface area (Å²) in [7, 11) is 0. The predicted octanol–water partition coefficient (Wildman–Crippen LogP) is 5.26. The molecule has 1 heterocycles. The molecule has 4 aromatic rings. The van der Waals surface area contributed by atoms with Crippen molar-refractivity contribution in [3.05, 3.63) is 94.5 Å². The minimum Gasteiger partial charge on any atom is -0.484 e. The maximum absolute atomic E-state index is 13.1. The molecule has 7 nitrogen and oxygen atoms in total. The Hall–Kier alpha value is -3.46. The summed E-state index contributed by atoms with van der Waals surface area (Å²) in [6.07, 6.45) is 0.291. The number of carbonyl (C=O) groups excluding carboxylic acids is 2. The summed E-state index contributed by atoms with van der Waals surface area (Å²) in [6, 6.07) is 22.4. The molecule has 0 saturated carbocycles. The number of nitrogens with one attached hydrogen (secondary N) is 2. The van der Waals surface area contributed by atoms with Crippen LogP contribution in [-0.4, -0.2) is 34.7 Å². The Morgan fingerprint density at radius 1 is 0.914 bits per heavy atom. The lowest BCUT2D eigenvalue weighted by molar-refractivity contribution is -0.127. The van der Waals surface area contributed by atoms with Crippen LogP contribution in [0.25, 0.3) is 10.6 Å². The third-order valence-electron chi connectivity index (χ3n) is 4.84. The van der Waals surface area contributed by atoms with Gasteiger partial charge < -0.3 is 10.1 Å². The zero-order valence-corrected chi connectivity index (χ0v) is 20.6. The molecule has 1 aromatic heterocycles. The minimum atomic E-state index is -0.850. The zero-order valence-electron chi connectivity index (χ0n) is 18.3. The van der Waals surface area contributed by atoms with E-state index >= 15 is 0 Å². The van der Waals surface area contributed by atoms with Crippen LogP contribution in [0.1, 0.15) is 5.56 Å². The molecule has 35 heavy (non-hydrogen) atoms. The highest BCUT2D eigenvalue weighted by atomic mass is 35.5. The largest absolute Gasteiger partial charge is 0.484 e. The van der Waals surface area contributed by atoms with Gasteiger partial charge in [0.2, 0.25) is 11.0 Å². The minimum absolute atomic E-state index is 0.252. The van der Waals surface area contributed by atoms with Gasteiger partial charge in [0.1, 0.15) is 16.8 Å². The number of ether oxygens (including phenoxy) is 1. The molecule has 0 aliphatic rings. The molecule has 2 N–H and O–H groups in total. The van der Waals surface area contributed by atoms with Gasteiger partial charge in [-0.3, -0.25) is 14.9 Å². The van der Waals surface area contributed by atoms with Crippen LogP contribution in [0.2, 0.25) is 10.0 Å². The maximum Gasteiger partial charge on any atom is 0.258 e. The molecule has 0 spiro atoms. The fourth-order valence-electron chi connectivity index (χ4n) is 3.18. The number of rotatable bonds is 9. The first-order chi connectivity index (χ1) is 17.0. The van der Waals surface area contributed by atoms with Crippen molar-refractivity contribution in [2.45, 2.75) is 12.5 Å². The molecule has 0 saturated heterocycles. The molecule has 0 bridgehead atoms. The average molecular weight is 527 g/mol. The van der Waals surface area contributed by atoms with Gasteiger partial charge in [0.05, 0.1) is 0 Å². The van der Waals surface area contributed by atoms with Crippen LogP contribution in [-0.2, 0) is 16.0 Å². The summed E-state index contributed by atoms with van der Waals surface area (Å²) in [5.41, 5.74) is 1.69. The Morgan fingerprint density at radius 2 is 1.69 bits per heavy atom. The second kappa shape index (κ2) is 11.8. The summed E-state index contributed by atoms with van der Waals surface area (Å²) < 4.78 is 5.50. The second-order valence-electron chi connectivity index (χ2n) is 7.46. The van der Waals surface area contributed by atoms with E-state index in [1.54, 1.807) is 36.4 Å². The van der Waals surface area contributed by atoms with Gasteiger partial charge in [0.15, 0.2) is 6.61 Å². The maximum atomic E-state index is 13.1. The summed E-state index contributed by atoms with van der Waals surface area (Å²) in [5, 5.41) is 15.8. The van der Waals surface area contributed by atoms with Crippen LogP contribution in [0.3, 0.4) is 0 Å². The quantitative estimate of drug-likeness (QED) is 0.310. The number of nitrogens with zero attached hydrogens (tertiary/aromatic N) is 2. The molecule has 3 aromatic carbocycles. The first-order valence-corrected chi connectivity index (χ1v) is 12.2. The zero-order chi connectivity index (χ0) is 24.6. The van der Waals surface area contributed by atoms with Gasteiger partial charge in [-0.25, -0.2) is 0 Å². The van der Waals surface area contributed by atoms with E-state index in [9.17, 15) is 9.59 Å². The van der Waals surface area contributed by atoms with E-state index in [-0.39, 0.29) is 6.61 Å². The molecular weight excluding hydrogens is 507 g/mol. The van der Waals surface area contributed by atoms with Crippen molar-refractivity contribution in [2.24, 2.45) is 0 Å². The lowest BCUT2D eigenvalue weighted by atomic mass is 10.1. The van der Waals surface area contributed by atoms with Gasteiger partial charge in [-0.05, 0) is 42.0 Å². The van der Waals surface area contributed by atoms with Crippen molar-refractivity contribution in [3.63, 3.8) is 0 Å². The van der Waals surface area contributed by atoms with Crippen LogP contribution in [0.5, 0.6) is 5.75 Å². The highest BCUT2D eigenvalue weighted by Gasteiger charge is 2.23. The number of carbonyl (C=O) groups is 2. The van der Waals surface area contributed by atoms with E-state index in [2.05, 4.69) is 20.8 Å². The molecule has 10 heteroatoms. The summed E-state index contributed by atoms with van der Waals surface area (Å²) >= 11 is 13.1. The smallest absolute Gasteiger partial charge is 0.258 e. The fraction of sp³-hybridized carbons (Fsp3) is 0.120. The first-order valence-electron chi connectivity index (χ1n) is 10.6.